The number of anilines is 1. The Morgan fingerprint density at radius 2 is 2.32 bits per heavy atom. The van der Waals surface area contributed by atoms with E-state index < -0.39 is 0 Å². The minimum Gasteiger partial charge on any atom is -0.391 e. The first-order valence-corrected chi connectivity index (χ1v) is 7.98. The van der Waals surface area contributed by atoms with Crippen LogP contribution in [0.4, 0.5) is 5.13 Å². The van der Waals surface area contributed by atoms with Crippen molar-refractivity contribution < 1.29 is 5.11 Å². The number of thiazole rings is 1. The third kappa shape index (κ3) is 3.46. The smallest absolute Gasteiger partial charge is 0.185 e. The van der Waals surface area contributed by atoms with Gasteiger partial charge < -0.3 is 14.9 Å². The van der Waals surface area contributed by atoms with Crippen LogP contribution in [0.5, 0.6) is 0 Å². The highest BCUT2D eigenvalue weighted by Gasteiger charge is 2.23. The zero-order valence-electron chi connectivity index (χ0n) is 12.2. The van der Waals surface area contributed by atoms with Crippen molar-refractivity contribution in [3.8, 4) is 0 Å². The van der Waals surface area contributed by atoms with E-state index in [-0.39, 0.29) is 6.61 Å². The summed E-state index contributed by atoms with van der Waals surface area (Å²) in [4.78, 5) is 10.4. The molecular formula is C14H25N3OS. The van der Waals surface area contributed by atoms with Gasteiger partial charge in [0.15, 0.2) is 5.13 Å². The molecule has 1 aromatic rings. The molecule has 0 amide bonds. The molecule has 0 spiro atoms. The second-order valence-corrected chi connectivity index (χ2v) is 6.49. The monoisotopic (exact) mass is 283 g/mol. The fourth-order valence-corrected chi connectivity index (χ4v) is 3.63. The fourth-order valence-electron chi connectivity index (χ4n) is 2.69. The number of rotatable bonds is 6. The van der Waals surface area contributed by atoms with Crippen molar-refractivity contribution in [3.05, 3.63) is 10.6 Å². The van der Waals surface area contributed by atoms with Gasteiger partial charge in [-0.25, -0.2) is 4.98 Å². The Balaban J connectivity index is 2.03. The molecule has 0 aliphatic carbocycles. The molecule has 2 rings (SSSR count). The van der Waals surface area contributed by atoms with Crippen molar-refractivity contribution in [2.24, 2.45) is 0 Å². The predicted molar refractivity (Wildman–Crippen MR) is 81.0 cm³/mol. The lowest BCUT2D eigenvalue weighted by Gasteiger charge is -2.25. The van der Waals surface area contributed by atoms with Crippen LogP contribution in [0.1, 0.15) is 36.8 Å². The third-order valence-corrected chi connectivity index (χ3v) is 5.08. The highest BCUT2D eigenvalue weighted by molar-refractivity contribution is 7.15. The summed E-state index contributed by atoms with van der Waals surface area (Å²) in [5.74, 6) is 0. The molecule has 1 atom stereocenters. The first-order chi connectivity index (χ1) is 9.15. The molecule has 2 heterocycles. The lowest BCUT2D eigenvalue weighted by Crippen LogP contribution is -2.36. The molecular weight excluding hydrogens is 258 g/mol. The summed E-state index contributed by atoms with van der Waals surface area (Å²) in [6, 6.07) is 0.640. The fraction of sp³-hybridized carbons (Fsp3) is 0.786. The second kappa shape index (κ2) is 6.68. The van der Waals surface area contributed by atoms with E-state index in [9.17, 15) is 5.11 Å². The summed E-state index contributed by atoms with van der Waals surface area (Å²) in [6.07, 6.45) is 4.62. The van der Waals surface area contributed by atoms with Crippen molar-refractivity contribution in [1.29, 1.82) is 0 Å². The van der Waals surface area contributed by atoms with Gasteiger partial charge >= 0.3 is 0 Å². The van der Waals surface area contributed by atoms with Crippen LogP contribution in [0.2, 0.25) is 0 Å². The Hall–Kier alpha value is -0.650. The molecule has 1 aromatic heterocycles. The van der Waals surface area contributed by atoms with Gasteiger partial charge in [-0.2, -0.15) is 0 Å². The zero-order valence-corrected chi connectivity index (χ0v) is 13.0. The number of likely N-dealkylation sites (tertiary alicyclic amines) is 1. The van der Waals surface area contributed by atoms with Crippen molar-refractivity contribution >= 4 is 16.5 Å². The van der Waals surface area contributed by atoms with Crippen LogP contribution in [-0.4, -0.2) is 48.2 Å². The SMILES string of the molecule is CCCc1nc(N(C)CC2CCCN2C)sc1CO. The number of hydrogen-bond acceptors (Lipinski definition) is 5. The molecule has 0 aromatic carbocycles. The molecule has 5 heteroatoms. The summed E-state index contributed by atoms with van der Waals surface area (Å²) < 4.78 is 0. The highest BCUT2D eigenvalue weighted by Crippen LogP contribution is 2.28. The highest BCUT2D eigenvalue weighted by atomic mass is 32.1. The normalized spacial score (nSPS) is 20.1. The molecule has 19 heavy (non-hydrogen) atoms. The number of likely N-dealkylation sites (N-methyl/N-ethyl adjacent to an activating group) is 2. The van der Waals surface area contributed by atoms with Gasteiger partial charge in [0.1, 0.15) is 0 Å². The Labute approximate surface area is 120 Å². The van der Waals surface area contributed by atoms with Gasteiger partial charge in [0, 0.05) is 19.6 Å². The van der Waals surface area contributed by atoms with Crippen molar-refractivity contribution in [3.63, 3.8) is 0 Å². The van der Waals surface area contributed by atoms with Crippen LogP contribution in [0.15, 0.2) is 0 Å². The molecule has 108 valence electrons. The Morgan fingerprint density at radius 3 is 2.89 bits per heavy atom. The summed E-state index contributed by atoms with van der Waals surface area (Å²) in [5.41, 5.74) is 1.08. The topological polar surface area (TPSA) is 39.6 Å². The van der Waals surface area contributed by atoms with Gasteiger partial charge in [0.2, 0.25) is 0 Å². The number of aromatic nitrogens is 1. The van der Waals surface area contributed by atoms with E-state index in [4.69, 9.17) is 4.98 Å². The van der Waals surface area contributed by atoms with Crippen LogP contribution in [0, 0.1) is 0 Å². The Kier molecular flexibility index (Phi) is 5.19. The summed E-state index contributed by atoms with van der Waals surface area (Å²) >= 11 is 1.64. The number of nitrogens with zero attached hydrogens (tertiary/aromatic N) is 3. The van der Waals surface area contributed by atoms with Gasteiger partial charge in [-0.3, -0.25) is 0 Å². The molecule has 1 N–H and O–H groups in total. The van der Waals surface area contributed by atoms with Gasteiger partial charge in [-0.1, -0.05) is 24.7 Å². The first kappa shape index (κ1) is 14.8. The van der Waals surface area contributed by atoms with Crippen molar-refractivity contribution in [2.75, 3.05) is 32.1 Å². The van der Waals surface area contributed by atoms with Gasteiger partial charge in [0.05, 0.1) is 17.2 Å². The molecule has 1 saturated heterocycles. The van der Waals surface area contributed by atoms with Crippen LogP contribution in [-0.2, 0) is 13.0 Å². The maximum atomic E-state index is 9.41. The lowest BCUT2D eigenvalue weighted by atomic mass is 10.2. The quantitative estimate of drug-likeness (QED) is 0.868. The van der Waals surface area contributed by atoms with Crippen LogP contribution in [0.25, 0.3) is 0 Å². The van der Waals surface area contributed by atoms with E-state index in [0.717, 1.165) is 35.1 Å². The molecule has 0 saturated carbocycles. The maximum absolute atomic E-state index is 9.41. The molecule has 1 unspecified atom stereocenters. The zero-order chi connectivity index (χ0) is 13.8. The molecule has 0 bridgehead atoms. The maximum Gasteiger partial charge on any atom is 0.185 e. The van der Waals surface area contributed by atoms with E-state index in [1.54, 1.807) is 11.3 Å². The molecule has 1 fully saturated rings. The van der Waals surface area contributed by atoms with E-state index in [1.807, 2.05) is 0 Å². The number of aliphatic hydroxyl groups is 1. The second-order valence-electron chi connectivity index (χ2n) is 5.43. The van der Waals surface area contributed by atoms with E-state index in [1.165, 1.54) is 19.4 Å². The number of hydrogen-bond donors (Lipinski definition) is 1. The minimum absolute atomic E-state index is 0.115. The van der Waals surface area contributed by atoms with Gasteiger partial charge in [-0.15, -0.1) is 0 Å². The van der Waals surface area contributed by atoms with E-state index in [0.29, 0.717) is 6.04 Å². The van der Waals surface area contributed by atoms with Crippen molar-refractivity contribution in [2.45, 2.75) is 45.3 Å². The van der Waals surface area contributed by atoms with Crippen molar-refractivity contribution in [1.82, 2.24) is 9.88 Å². The molecule has 4 nitrogen and oxygen atoms in total. The van der Waals surface area contributed by atoms with E-state index in [2.05, 4.69) is 30.8 Å². The molecule has 1 aliphatic rings. The third-order valence-electron chi connectivity index (χ3n) is 3.88. The summed E-state index contributed by atoms with van der Waals surface area (Å²) in [6.45, 7) is 4.50. The Morgan fingerprint density at radius 1 is 1.53 bits per heavy atom. The van der Waals surface area contributed by atoms with Crippen LogP contribution < -0.4 is 4.90 Å². The Bertz CT molecular complexity index is 407. The minimum atomic E-state index is 0.115. The standard InChI is InChI=1S/C14H25N3OS/c1-4-6-12-13(10-18)19-14(15-12)17(3)9-11-7-5-8-16(11)2/h11,18H,4-10H2,1-3H3. The molecule has 1 aliphatic heterocycles. The van der Waals surface area contributed by atoms with Crippen LogP contribution in [0.3, 0.4) is 0 Å². The average molecular weight is 283 g/mol. The van der Waals surface area contributed by atoms with Crippen LogP contribution >= 0.6 is 11.3 Å². The number of aliphatic hydroxyl groups excluding tert-OH is 1. The van der Waals surface area contributed by atoms with E-state index >= 15 is 0 Å². The first-order valence-electron chi connectivity index (χ1n) is 7.16. The summed E-state index contributed by atoms with van der Waals surface area (Å²) in [7, 11) is 4.32. The predicted octanol–water partition coefficient (Wildman–Crippen LogP) is 2.12. The average Bonchev–Trinajstić information content (AvgIpc) is 2.97. The lowest BCUT2D eigenvalue weighted by molar-refractivity contribution is 0.284. The summed E-state index contributed by atoms with van der Waals surface area (Å²) in [5, 5.41) is 10.5. The van der Waals surface area contributed by atoms with Gasteiger partial charge in [0.25, 0.3) is 0 Å². The largest absolute Gasteiger partial charge is 0.391 e. The molecule has 0 radical (unpaired) electrons. The van der Waals surface area contributed by atoms with Gasteiger partial charge in [-0.05, 0) is 32.9 Å². The number of aryl methyl sites for hydroxylation is 1.